The number of rotatable bonds is 4. The van der Waals surface area contributed by atoms with Gasteiger partial charge >= 0.3 is 0 Å². The molecule has 0 fully saturated rings. The van der Waals surface area contributed by atoms with E-state index in [4.69, 9.17) is 4.74 Å². The largest absolute Gasteiger partial charge is 0.504 e. The van der Waals surface area contributed by atoms with E-state index < -0.39 is 0 Å². The number of ether oxygens (including phenoxy) is 1. The molecule has 0 spiro atoms. The molecule has 2 aromatic carbocycles. The minimum absolute atomic E-state index is 0.0858. The quantitative estimate of drug-likeness (QED) is 0.708. The number of para-hydroxylation sites is 1. The fourth-order valence-electron chi connectivity index (χ4n) is 3.38. The van der Waals surface area contributed by atoms with Crippen molar-refractivity contribution in [1.29, 1.82) is 0 Å². The molecule has 27 heavy (non-hydrogen) atoms. The van der Waals surface area contributed by atoms with Crippen molar-refractivity contribution in [2.24, 2.45) is 4.99 Å². The summed E-state index contributed by atoms with van der Waals surface area (Å²) >= 11 is 0. The lowest BCUT2D eigenvalue weighted by Gasteiger charge is -2.07. The standard InChI is InChI=1S/C21H22N4O2/c1-27-18-10-6-8-16(20(18)26)14-22-17-9-5-7-15(13-17)21-24-23-19-11-3-2-4-12-25(19)21/h5-10,13-14,26H,2-4,11-12H2,1H3. The predicted molar refractivity (Wildman–Crippen MR) is 105 cm³/mol. The van der Waals surface area contributed by atoms with Gasteiger partial charge in [-0.1, -0.05) is 24.6 Å². The van der Waals surface area contributed by atoms with Gasteiger partial charge in [0.15, 0.2) is 17.3 Å². The first-order valence-electron chi connectivity index (χ1n) is 9.19. The molecule has 0 unspecified atom stereocenters. The number of hydrogen-bond acceptors (Lipinski definition) is 5. The van der Waals surface area contributed by atoms with Crippen molar-refractivity contribution in [1.82, 2.24) is 14.8 Å². The summed E-state index contributed by atoms with van der Waals surface area (Å²) in [7, 11) is 1.53. The number of fused-ring (bicyclic) bond motifs is 1. The lowest BCUT2D eigenvalue weighted by Crippen LogP contribution is -2.02. The molecule has 0 amide bonds. The number of aliphatic imine (C=N–C) groups is 1. The molecule has 138 valence electrons. The van der Waals surface area contributed by atoms with Gasteiger partial charge in [0, 0.05) is 30.3 Å². The number of nitrogens with zero attached hydrogens (tertiary/aromatic N) is 4. The monoisotopic (exact) mass is 362 g/mol. The number of aryl methyl sites for hydroxylation is 1. The van der Waals surface area contributed by atoms with Crippen molar-refractivity contribution < 1.29 is 9.84 Å². The van der Waals surface area contributed by atoms with Crippen LogP contribution in [0.3, 0.4) is 0 Å². The Labute approximate surface area is 158 Å². The number of aromatic nitrogens is 3. The molecule has 0 saturated heterocycles. The van der Waals surface area contributed by atoms with Crippen LogP contribution in [0, 0.1) is 0 Å². The van der Waals surface area contributed by atoms with Crippen LogP contribution in [0.25, 0.3) is 11.4 Å². The summed E-state index contributed by atoms with van der Waals surface area (Å²) in [5.41, 5.74) is 2.40. The van der Waals surface area contributed by atoms with Gasteiger partial charge in [-0.25, -0.2) is 0 Å². The van der Waals surface area contributed by atoms with Crippen molar-refractivity contribution in [2.75, 3.05) is 7.11 Å². The maximum Gasteiger partial charge on any atom is 0.166 e. The number of phenolic OH excluding ortho intramolecular Hbond substituents is 1. The SMILES string of the molecule is COc1cccc(C=Nc2cccc(-c3nnc4n3CCCCC4)c2)c1O. The summed E-state index contributed by atoms with van der Waals surface area (Å²) in [6.07, 6.45) is 6.19. The average Bonchev–Trinajstić information content (AvgIpc) is 2.96. The molecule has 1 N–H and O–H groups in total. The summed E-state index contributed by atoms with van der Waals surface area (Å²) < 4.78 is 7.37. The molecule has 4 rings (SSSR count). The van der Waals surface area contributed by atoms with Crippen molar-refractivity contribution >= 4 is 11.9 Å². The zero-order chi connectivity index (χ0) is 18.6. The summed E-state index contributed by atoms with van der Waals surface area (Å²) in [5.74, 6) is 2.48. The Kier molecular flexibility index (Phi) is 4.87. The molecule has 0 aliphatic carbocycles. The van der Waals surface area contributed by atoms with Crippen LogP contribution in [0.2, 0.25) is 0 Å². The van der Waals surface area contributed by atoms with E-state index in [-0.39, 0.29) is 5.75 Å². The maximum atomic E-state index is 10.2. The van der Waals surface area contributed by atoms with Crippen LogP contribution in [0.4, 0.5) is 5.69 Å². The van der Waals surface area contributed by atoms with Crippen molar-refractivity contribution in [3.05, 3.63) is 53.9 Å². The second kappa shape index (κ2) is 7.61. The minimum atomic E-state index is 0.0858. The highest BCUT2D eigenvalue weighted by molar-refractivity contribution is 5.86. The Hall–Kier alpha value is -3.15. The molecule has 1 aliphatic rings. The Morgan fingerprint density at radius 1 is 1.11 bits per heavy atom. The number of benzene rings is 2. The van der Waals surface area contributed by atoms with Gasteiger partial charge in [-0.05, 0) is 37.1 Å². The maximum absolute atomic E-state index is 10.2. The van der Waals surface area contributed by atoms with Crippen LogP contribution in [0.15, 0.2) is 47.5 Å². The van der Waals surface area contributed by atoms with Gasteiger partial charge < -0.3 is 14.4 Å². The number of aromatic hydroxyl groups is 1. The summed E-state index contributed by atoms with van der Waals surface area (Å²) in [5, 5.41) is 19.0. The first-order valence-corrected chi connectivity index (χ1v) is 9.19. The first kappa shape index (κ1) is 17.3. The van der Waals surface area contributed by atoms with Crippen LogP contribution in [-0.2, 0) is 13.0 Å². The van der Waals surface area contributed by atoms with E-state index in [0.717, 1.165) is 42.3 Å². The zero-order valence-corrected chi connectivity index (χ0v) is 15.3. The van der Waals surface area contributed by atoms with Gasteiger partial charge in [-0.2, -0.15) is 0 Å². The highest BCUT2D eigenvalue weighted by atomic mass is 16.5. The van der Waals surface area contributed by atoms with Gasteiger partial charge in [0.25, 0.3) is 0 Å². The molecule has 0 atom stereocenters. The molecule has 0 radical (unpaired) electrons. The minimum Gasteiger partial charge on any atom is -0.504 e. The third-order valence-corrected chi connectivity index (χ3v) is 4.82. The highest BCUT2D eigenvalue weighted by Gasteiger charge is 2.16. The van der Waals surface area contributed by atoms with Gasteiger partial charge in [-0.3, -0.25) is 4.99 Å². The van der Waals surface area contributed by atoms with Crippen LogP contribution < -0.4 is 4.74 Å². The smallest absolute Gasteiger partial charge is 0.166 e. The Morgan fingerprint density at radius 2 is 2.00 bits per heavy atom. The fourth-order valence-corrected chi connectivity index (χ4v) is 3.38. The molecule has 3 aromatic rings. The van der Waals surface area contributed by atoms with Crippen LogP contribution >= 0.6 is 0 Å². The first-order chi connectivity index (χ1) is 13.3. The molecule has 6 heteroatoms. The second-order valence-electron chi connectivity index (χ2n) is 6.61. The average molecular weight is 362 g/mol. The zero-order valence-electron chi connectivity index (χ0n) is 15.3. The lowest BCUT2D eigenvalue weighted by atomic mass is 10.1. The van der Waals surface area contributed by atoms with E-state index in [2.05, 4.69) is 19.8 Å². The molecular formula is C21H22N4O2. The van der Waals surface area contributed by atoms with Crippen LogP contribution in [0.5, 0.6) is 11.5 Å². The Bertz CT molecular complexity index is 978. The lowest BCUT2D eigenvalue weighted by molar-refractivity contribution is 0.373. The molecule has 1 aliphatic heterocycles. The van der Waals surface area contributed by atoms with Gasteiger partial charge in [-0.15, -0.1) is 10.2 Å². The van der Waals surface area contributed by atoms with Crippen LogP contribution in [0.1, 0.15) is 30.7 Å². The number of phenols is 1. The van der Waals surface area contributed by atoms with E-state index in [0.29, 0.717) is 11.3 Å². The summed E-state index contributed by atoms with van der Waals surface area (Å²) in [6, 6.07) is 13.2. The Morgan fingerprint density at radius 3 is 2.89 bits per heavy atom. The van der Waals surface area contributed by atoms with Gasteiger partial charge in [0.2, 0.25) is 0 Å². The number of hydrogen-bond donors (Lipinski definition) is 1. The number of methoxy groups -OCH3 is 1. The van der Waals surface area contributed by atoms with E-state index in [1.54, 1.807) is 18.3 Å². The fraction of sp³-hybridized carbons (Fsp3) is 0.286. The summed E-state index contributed by atoms with van der Waals surface area (Å²) in [6.45, 7) is 0.961. The van der Waals surface area contributed by atoms with Gasteiger partial charge in [0.1, 0.15) is 5.82 Å². The van der Waals surface area contributed by atoms with Crippen molar-refractivity contribution in [2.45, 2.75) is 32.2 Å². The molecule has 1 aromatic heterocycles. The molecule has 0 saturated carbocycles. The third-order valence-electron chi connectivity index (χ3n) is 4.82. The molecule has 2 heterocycles. The van der Waals surface area contributed by atoms with E-state index >= 15 is 0 Å². The molecule has 6 nitrogen and oxygen atoms in total. The van der Waals surface area contributed by atoms with E-state index in [1.165, 1.54) is 20.0 Å². The third kappa shape index (κ3) is 3.56. The van der Waals surface area contributed by atoms with Crippen LogP contribution in [-0.4, -0.2) is 33.2 Å². The predicted octanol–water partition coefficient (Wildman–Crippen LogP) is 4.14. The topological polar surface area (TPSA) is 72.5 Å². The van der Waals surface area contributed by atoms with E-state index in [9.17, 15) is 5.11 Å². The highest BCUT2D eigenvalue weighted by Crippen LogP contribution is 2.29. The summed E-state index contributed by atoms with van der Waals surface area (Å²) in [4.78, 5) is 4.52. The molecular weight excluding hydrogens is 340 g/mol. The Balaban J connectivity index is 1.63. The van der Waals surface area contributed by atoms with Crippen molar-refractivity contribution in [3.8, 4) is 22.9 Å². The molecule has 0 bridgehead atoms. The van der Waals surface area contributed by atoms with Crippen molar-refractivity contribution in [3.63, 3.8) is 0 Å². The second-order valence-corrected chi connectivity index (χ2v) is 6.61. The van der Waals surface area contributed by atoms with Gasteiger partial charge in [0.05, 0.1) is 12.8 Å². The van der Waals surface area contributed by atoms with E-state index in [1.807, 2.05) is 30.3 Å². The normalized spacial score (nSPS) is 14.1.